The van der Waals surface area contributed by atoms with Crippen LogP contribution in [0.2, 0.25) is 0 Å². The zero-order valence-corrected chi connectivity index (χ0v) is 12.6. The number of oxime groups is 1. The number of aromatic amines is 1. The fraction of sp³-hybridized carbons (Fsp3) is 0.467. The van der Waals surface area contributed by atoms with Crippen molar-refractivity contribution in [3.05, 3.63) is 18.2 Å². The summed E-state index contributed by atoms with van der Waals surface area (Å²) in [6, 6.07) is 5.82. The summed E-state index contributed by atoms with van der Waals surface area (Å²) in [7, 11) is 1.66. The lowest BCUT2D eigenvalue weighted by Gasteiger charge is -2.20. The molecule has 2 aliphatic carbocycles. The van der Waals surface area contributed by atoms with Gasteiger partial charge in [-0.05, 0) is 37.3 Å². The Morgan fingerprint density at radius 1 is 1.43 bits per heavy atom. The Balaban J connectivity index is 1.62. The van der Waals surface area contributed by atoms with Crippen LogP contribution in [0.3, 0.4) is 0 Å². The molecule has 0 unspecified atom stereocenters. The molecule has 2 aromatic rings. The van der Waals surface area contributed by atoms with Gasteiger partial charge in [0.25, 0.3) is 0 Å². The van der Waals surface area contributed by atoms with E-state index in [0.717, 1.165) is 34.1 Å². The Labute approximate surface area is 126 Å². The third-order valence-corrected chi connectivity index (χ3v) is 5.93. The molecule has 0 spiro atoms. The summed E-state index contributed by atoms with van der Waals surface area (Å²) in [4.78, 5) is 7.96. The van der Waals surface area contributed by atoms with Crippen LogP contribution in [0, 0.1) is 11.8 Å². The van der Waals surface area contributed by atoms with Gasteiger partial charge in [-0.2, -0.15) is 0 Å². The minimum Gasteiger partial charge on any atom is -0.497 e. The van der Waals surface area contributed by atoms with E-state index < -0.39 is 0 Å². The summed E-state index contributed by atoms with van der Waals surface area (Å²) < 4.78 is 5.23. The molecular formula is C15H17N3O2S. The van der Waals surface area contributed by atoms with Gasteiger partial charge in [0.2, 0.25) is 0 Å². The van der Waals surface area contributed by atoms with Gasteiger partial charge in [-0.3, -0.25) is 0 Å². The number of hydrogen-bond acceptors (Lipinski definition) is 5. The van der Waals surface area contributed by atoms with Crippen LogP contribution in [0.4, 0.5) is 0 Å². The molecule has 1 aromatic carbocycles. The molecule has 0 aliphatic heterocycles. The molecule has 110 valence electrons. The zero-order chi connectivity index (χ0) is 14.4. The molecule has 5 nitrogen and oxygen atoms in total. The topological polar surface area (TPSA) is 70.5 Å². The minimum atomic E-state index is 0.260. The lowest BCUT2D eigenvalue weighted by molar-refractivity contribution is 0.314. The second kappa shape index (κ2) is 4.94. The van der Waals surface area contributed by atoms with Crippen molar-refractivity contribution in [2.45, 2.75) is 29.7 Å². The van der Waals surface area contributed by atoms with Crippen molar-refractivity contribution in [1.82, 2.24) is 9.97 Å². The molecule has 6 heteroatoms. The monoisotopic (exact) mass is 303 g/mol. The van der Waals surface area contributed by atoms with Gasteiger partial charge in [-0.1, -0.05) is 16.9 Å². The van der Waals surface area contributed by atoms with Crippen LogP contribution < -0.4 is 4.74 Å². The Bertz CT molecular complexity index is 712. The molecule has 0 amide bonds. The first kappa shape index (κ1) is 13.0. The van der Waals surface area contributed by atoms with E-state index in [0.29, 0.717) is 11.8 Å². The number of hydrogen-bond donors (Lipinski definition) is 2. The minimum absolute atomic E-state index is 0.260. The second-order valence-electron chi connectivity index (χ2n) is 5.76. The molecule has 2 saturated carbocycles. The highest BCUT2D eigenvalue weighted by atomic mass is 32.2. The summed E-state index contributed by atoms with van der Waals surface area (Å²) in [5.74, 6) is 1.91. The molecule has 0 saturated heterocycles. The van der Waals surface area contributed by atoms with Crippen LogP contribution in [-0.4, -0.2) is 33.2 Å². The molecule has 2 N–H and O–H groups in total. The molecule has 4 rings (SSSR count). The first-order chi connectivity index (χ1) is 10.3. The maximum Gasteiger partial charge on any atom is 0.167 e. The Kier molecular flexibility index (Phi) is 3.06. The van der Waals surface area contributed by atoms with E-state index >= 15 is 0 Å². The van der Waals surface area contributed by atoms with E-state index in [4.69, 9.17) is 4.74 Å². The van der Waals surface area contributed by atoms with Crippen LogP contribution in [0.5, 0.6) is 5.75 Å². The Hall–Kier alpha value is -1.69. The lowest BCUT2D eigenvalue weighted by Crippen LogP contribution is -2.25. The van der Waals surface area contributed by atoms with Gasteiger partial charge in [0.1, 0.15) is 5.75 Å². The predicted molar refractivity (Wildman–Crippen MR) is 82.3 cm³/mol. The third kappa shape index (κ3) is 2.09. The van der Waals surface area contributed by atoms with E-state index in [1.807, 2.05) is 18.2 Å². The molecule has 2 bridgehead atoms. The van der Waals surface area contributed by atoms with Gasteiger partial charge in [-0.25, -0.2) is 4.98 Å². The summed E-state index contributed by atoms with van der Waals surface area (Å²) >= 11 is 1.69. The highest BCUT2D eigenvalue weighted by molar-refractivity contribution is 8.00. The SMILES string of the molecule is COc1ccc2nc(S[C@H]3/C(=N/O)[C@H]4CC[C@H]3C4)[nH]c2c1. The molecule has 1 heterocycles. The number of aromatic nitrogens is 2. The van der Waals surface area contributed by atoms with Crippen molar-refractivity contribution in [3.8, 4) is 5.75 Å². The second-order valence-corrected chi connectivity index (χ2v) is 6.89. The van der Waals surface area contributed by atoms with Gasteiger partial charge in [0, 0.05) is 12.0 Å². The van der Waals surface area contributed by atoms with E-state index in [1.165, 1.54) is 12.8 Å². The first-order valence-corrected chi connectivity index (χ1v) is 8.08. The third-order valence-electron chi connectivity index (χ3n) is 4.63. The number of nitrogens with zero attached hydrogens (tertiary/aromatic N) is 2. The molecule has 2 aliphatic rings. The Morgan fingerprint density at radius 3 is 3.14 bits per heavy atom. The maximum absolute atomic E-state index is 9.27. The highest BCUT2D eigenvalue weighted by Crippen LogP contribution is 2.49. The van der Waals surface area contributed by atoms with Crippen LogP contribution in [0.1, 0.15) is 19.3 Å². The van der Waals surface area contributed by atoms with Gasteiger partial charge in [0.05, 0.1) is 29.1 Å². The first-order valence-electron chi connectivity index (χ1n) is 7.20. The summed E-state index contributed by atoms with van der Waals surface area (Å²) in [5.41, 5.74) is 2.86. The van der Waals surface area contributed by atoms with Gasteiger partial charge >= 0.3 is 0 Å². The Morgan fingerprint density at radius 2 is 2.33 bits per heavy atom. The standard InChI is InChI=1S/C15H17N3O2S/c1-20-10-4-5-11-12(7-10)17-15(16-11)21-14-9-3-2-8(6-9)13(14)18-19/h4-5,7-9,14,19H,2-3,6H2,1H3,(H,16,17)/b18-13+/t8-,9-,14+/m0/s1. The summed E-state index contributed by atoms with van der Waals surface area (Å²) in [5, 5.41) is 14.0. The van der Waals surface area contributed by atoms with Crippen LogP contribution in [0.15, 0.2) is 28.5 Å². The van der Waals surface area contributed by atoms with E-state index in [2.05, 4.69) is 15.1 Å². The molecule has 1 aromatic heterocycles. The quantitative estimate of drug-likeness (QED) is 0.674. The van der Waals surface area contributed by atoms with E-state index in [1.54, 1.807) is 18.9 Å². The van der Waals surface area contributed by atoms with E-state index in [-0.39, 0.29) is 5.25 Å². The van der Waals surface area contributed by atoms with Crippen LogP contribution >= 0.6 is 11.8 Å². The van der Waals surface area contributed by atoms with Crippen molar-refractivity contribution in [2.24, 2.45) is 17.0 Å². The normalized spacial score (nSPS) is 29.6. The number of methoxy groups -OCH3 is 1. The number of imidazole rings is 1. The number of H-pyrrole nitrogens is 1. The average molecular weight is 303 g/mol. The number of benzene rings is 1. The molecule has 2 fully saturated rings. The number of rotatable bonds is 3. The van der Waals surface area contributed by atoms with Crippen molar-refractivity contribution < 1.29 is 9.94 Å². The number of thioether (sulfide) groups is 1. The fourth-order valence-electron chi connectivity index (χ4n) is 3.60. The largest absolute Gasteiger partial charge is 0.497 e. The van der Waals surface area contributed by atoms with Gasteiger partial charge in [-0.15, -0.1) is 0 Å². The van der Waals surface area contributed by atoms with Crippen molar-refractivity contribution in [2.75, 3.05) is 7.11 Å². The fourth-order valence-corrected chi connectivity index (χ4v) is 4.96. The van der Waals surface area contributed by atoms with Crippen molar-refractivity contribution in [1.29, 1.82) is 0 Å². The lowest BCUT2D eigenvalue weighted by atomic mass is 9.98. The molecule has 21 heavy (non-hydrogen) atoms. The summed E-state index contributed by atoms with van der Waals surface area (Å²) in [6.07, 6.45) is 3.55. The zero-order valence-electron chi connectivity index (χ0n) is 11.7. The highest BCUT2D eigenvalue weighted by Gasteiger charge is 2.46. The smallest absolute Gasteiger partial charge is 0.167 e. The van der Waals surface area contributed by atoms with Gasteiger partial charge in [0.15, 0.2) is 5.16 Å². The van der Waals surface area contributed by atoms with Crippen molar-refractivity contribution in [3.63, 3.8) is 0 Å². The van der Waals surface area contributed by atoms with Crippen molar-refractivity contribution >= 4 is 28.5 Å². The molecular weight excluding hydrogens is 286 g/mol. The van der Waals surface area contributed by atoms with Gasteiger partial charge < -0.3 is 14.9 Å². The predicted octanol–water partition coefficient (Wildman–Crippen LogP) is 3.29. The number of fused-ring (bicyclic) bond motifs is 3. The average Bonchev–Trinajstić information content (AvgIpc) is 3.19. The van der Waals surface area contributed by atoms with E-state index in [9.17, 15) is 5.21 Å². The maximum atomic E-state index is 9.27. The van der Waals surface area contributed by atoms with Crippen LogP contribution in [0.25, 0.3) is 11.0 Å². The molecule has 0 radical (unpaired) electrons. The number of nitrogens with one attached hydrogen (secondary N) is 1. The molecule has 3 atom stereocenters. The summed E-state index contributed by atoms with van der Waals surface area (Å²) in [6.45, 7) is 0. The van der Waals surface area contributed by atoms with Crippen LogP contribution in [-0.2, 0) is 0 Å². The number of ether oxygens (including phenoxy) is 1.